The summed E-state index contributed by atoms with van der Waals surface area (Å²) in [4.78, 5) is 12.2. The summed E-state index contributed by atoms with van der Waals surface area (Å²) in [7, 11) is 0. The predicted molar refractivity (Wildman–Crippen MR) is 99.9 cm³/mol. The summed E-state index contributed by atoms with van der Waals surface area (Å²) in [6.45, 7) is 4.07. The van der Waals surface area contributed by atoms with Crippen molar-refractivity contribution in [2.75, 3.05) is 5.75 Å². The lowest BCUT2D eigenvalue weighted by Gasteiger charge is -2.17. The molecule has 0 unspecified atom stereocenters. The van der Waals surface area contributed by atoms with Gasteiger partial charge in [-0.05, 0) is 31.0 Å². The molecule has 2 nitrogen and oxygen atoms in total. The Morgan fingerprint density at radius 2 is 1.96 bits per heavy atom. The van der Waals surface area contributed by atoms with Crippen LogP contribution in [-0.4, -0.2) is 11.7 Å². The Morgan fingerprint density at radius 1 is 1.25 bits per heavy atom. The Bertz CT molecular complexity index is 670. The van der Waals surface area contributed by atoms with Gasteiger partial charge in [-0.1, -0.05) is 54.4 Å². The Hall–Kier alpha value is -1.52. The second kappa shape index (κ2) is 9.09. The quantitative estimate of drug-likeness (QED) is 0.722. The molecule has 1 N–H and O–H groups in total. The zero-order chi connectivity index (χ0) is 17.5. The summed E-state index contributed by atoms with van der Waals surface area (Å²) >= 11 is 7.35. The molecular weight excluding hydrogens is 345 g/mol. The zero-order valence-corrected chi connectivity index (χ0v) is 15.4. The van der Waals surface area contributed by atoms with Crippen LogP contribution in [0.2, 0.25) is 5.02 Å². The molecule has 0 fully saturated rings. The number of hydrogen-bond donors (Lipinski definition) is 1. The van der Waals surface area contributed by atoms with Crippen molar-refractivity contribution in [3.8, 4) is 0 Å². The summed E-state index contributed by atoms with van der Waals surface area (Å²) in [5, 5.41) is 3.43. The second-order valence-corrected chi connectivity index (χ2v) is 7.02. The molecule has 0 spiro atoms. The van der Waals surface area contributed by atoms with Crippen molar-refractivity contribution in [3.05, 3.63) is 70.0 Å². The van der Waals surface area contributed by atoms with Gasteiger partial charge in [0.25, 0.3) is 0 Å². The van der Waals surface area contributed by atoms with E-state index in [0.717, 1.165) is 12.0 Å². The van der Waals surface area contributed by atoms with E-state index in [1.54, 1.807) is 12.1 Å². The number of hydrogen-bond acceptors (Lipinski definition) is 2. The Balaban J connectivity index is 1.87. The number of aryl methyl sites for hydroxylation is 1. The number of thioether (sulfide) groups is 1. The van der Waals surface area contributed by atoms with Crippen LogP contribution in [0.1, 0.15) is 36.1 Å². The normalized spacial score (nSPS) is 12.0. The highest BCUT2D eigenvalue weighted by molar-refractivity contribution is 7.99. The van der Waals surface area contributed by atoms with Gasteiger partial charge in [-0.2, -0.15) is 0 Å². The van der Waals surface area contributed by atoms with Gasteiger partial charge in [0.05, 0.1) is 11.8 Å². The maximum absolute atomic E-state index is 13.7. The molecule has 0 heterocycles. The van der Waals surface area contributed by atoms with Gasteiger partial charge in [-0.3, -0.25) is 4.79 Å². The molecule has 0 aliphatic carbocycles. The van der Waals surface area contributed by atoms with Gasteiger partial charge in [0, 0.05) is 16.3 Å². The number of benzene rings is 2. The van der Waals surface area contributed by atoms with Crippen LogP contribution in [0.15, 0.2) is 42.5 Å². The maximum atomic E-state index is 13.7. The minimum absolute atomic E-state index is 0.00394. The first-order valence-corrected chi connectivity index (χ1v) is 9.41. The van der Waals surface area contributed by atoms with Crippen LogP contribution in [0.5, 0.6) is 0 Å². The molecule has 0 saturated heterocycles. The standard InChI is InChI=1S/C19H21ClFNOS/c1-3-18(14-9-7-13(2)8-10-14)22-19(23)12-24-11-15-16(20)5-4-6-17(15)21/h4-10,18H,3,11-12H2,1-2H3,(H,22,23)/t18-/m0/s1. The number of nitrogens with one attached hydrogen (secondary N) is 1. The molecular formula is C19H21ClFNOS. The van der Waals surface area contributed by atoms with Gasteiger partial charge >= 0.3 is 0 Å². The van der Waals surface area contributed by atoms with E-state index in [2.05, 4.69) is 5.32 Å². The largest absolute Gasteiger partial charge is 0.349 e. The van der Waals surface area contributed by atoms with Crippen molar-refractivity contribution >= 4 is 29.3 Å². The minimum Gasteiger partial charge on any atom is -0.349 e. The smallest absolute Gasteiger partial charge is 0.230 e. The van der Waals surface area contributed by atoms with Crippen LogP contribution < -0.4 is 5.32 Å². The van der Waals surface area contributed by atoms with Gasteiger partial charge in [0.15, 0.2) is 0 Å². The lowest BCUT2D eigenvalue weighted by atomic mass is 10.0. The third-order valence-electron chi connectivity index (χ3n) is 3.76. The second-order valence-electron chi connectivity index (χ2n) is 5.63. The van der Waals surface area contributed by atoms with Crippen LogP contribution in [0, 0.1) is 12.7 Å². The number of carbonyl (C=O) groups is 1. The van der Waals surface area contributed by atoms with Crippen molar-refractivity contribution in [2.45, 2.75) is 32.1 Å². The van der Waals surface area contributed by atoms with Crippen molar-refractivity contribution in [3.63, 3.8) is 0 Å². The van der Waals surface area contributed by atoms with Crippen LogP contribution >= 0.6 is 23.4 Å². The van der Waals surface area contributed by atoms with Crippen LogP contribution in [0.3, 0.4) is 0 Å². The molecule has 2 aromatic carbocycles. The maximum Gasteiger partial charge on any atom is 0.230 e. The monoisotopic (exact) mass is 365 g/mol. The molecule has 5 heteroatoms. The SMILES string of the molecule is CC[C@H](NC(=O)CSCc1c(F)cccc1Cl)c1ccc(C)cc1. The molecule has 128 valence electrons. The minimum atomic E-state index is -0.332. The van der Waals surface area contributed by atoms with E-state index >= 15 is 0 Å². The molecule has 0 aliphatic rings. The summed E-state index contributed by atoms with van der Waals surface area (Å²) in [5.74, 6) is 0.258. The highest BCUT2D eigenvalue weighted by Crippen LogP contribution is 2.24. The highest BCUT2D eigenvalue weighted by Gasteiger charge is 2.13. The van der Waals surface area contributed by atoms with E-state index in [-0.39, 0.29) is 23.5 Å². The molecule has 2 rings (SSSR count). The number of halogens is 2. The van der Waals surface area contributed by atoms with Gasteiger partial charge in [-0.15, -0.1) is 11.8 Å². The highest BCUT2D eigenvalue weighted by atomic mass is 35.5. The fourth-order valence-electron chi connectivity index (χ4n) is 2.37. The van der Waals surface area contributed by atoms with E-state index in [1.165, 1.54) is 23.4 Å². The summed E-state index contributed by atoms with van der Waals surface area (Å²) in [6.07, 6.45) is 0.818. The molecule has 24 heavy (non-hydrogen) atoms. The molecule has 1 atom stereocenters. The van der Waals surface area contributed by atoms with Crippen molar-refractivity contribution in [1.29, 1.82) is 0 Å². The molecule has 0 bridgehead atoms. The third kappa shape index (κ3) is 5.25. The van der Waals surface area contributed by atoms with Crippen LogP contribution in [-0.2, 0) is 10.5 Å². The number of carbonyl (C=O) groups excluding carboxylic acids is 1. The van der Waals surface area contributed by atoms with E-state index in [0.29, 0.717) is 16.3 Å². The predicted octanol–water partition coefficient (Wildman–Crippen LogP) is 5.29. The van der Waals surface area contributed by atoms with Crippen molar-refractivity contribution in [2.24, 2.45) is 0 Å². The van der Waals surface area contributed by atoms with Crippen LogP contribution in [0.25, 0.3) is 0 Å². The van der Waals surface area contributed by atoms with E-state index in [4.69, 9.17) is 11.6 Å². The Kier molecular flexibility index (Phi) is 7.13. The zero-order valence-electron chi connectivity index (χ0n) is 13.8. The Labute approximate surface area is 151 Å². The molecule has 2 aromatic rings. The first-order valence-electron chi connectivity index (χ1n) is 7.87. The summed E-state index contributed by atoms with van der Waals surface area (Å²) < 4.78 is 13.7. The number of rotatable bonds is 7. The number of amides is 1. The van der Waals surface area contributed by atoms with Gasteiger partial charge in [-0.25, -0.2) is 4.39 Å². The summed E-state index contributed by atoms with van der Waals surface area (Å²) in [5.41, 5.74) is 2.73. The van der Waals surface area contributed by atoms with Gasteiger partial charge in [0.1, 0.15) is 5.82 Å². The first-order chi connectivity index (χ1) is 11.5. The van der Waals surface area contributed by atoms with Crippen molar-refractivity contribution < 1.29 is 9.18 Å². The van der Waals surface area contributed by atoms with Crippen molar-refractivity contribution in [1.82, 2.24) is 5.32 Å². The fourth-order valence-corrected chi connectivity index (χ4v) is 3.55. The van der Waals surface area contributed by atoms with E-state index < -0.39 is 0 Å². The molecule has 0 aromatic heterocycles. The molecule has 1 amide bonds. The lowest BCUT2D eigenvalue weighted by Crippen LogP contribution is -2.29. The topological polar surface area (TPSA) is 29.1 Å². The third-order valence-corrected chi connectivity index (χ3v) is 5.08. The lowest BCUT2D eigenvalue weighted by molar-refractivity contribution is -0.119. The van der Waals surface area contributed by atoms with Crippen LogP contribution in [0.4, 0.5) is 4.39 Å². The summed E-state index contributed by atoms with van der Waals surface area (Å²) in [6, 6.07) is 12.8. The molecule has 0 aliphatic heterocycles. The van der Waals surface area contributed by atoms with E-state index in [9.17, 15) is 9.18 Å². The average Bonchev–Trinajstić information content (AvgIpc) is 2.56. The van der Waals surface area contributed by atoms with Gasteiger partial charge < -0.3 is 5.32 Å². The first kappa shape index (κ1) is 18.8. The molecule has 0 saturated carbocycles. The fraction of sp³-hybridized carbons (Fsp3) is 0.316. The van der Waals surface area contributed by atoms with Gasteiger partial charge in [0.2, 0.25) is 5.91 Å². The average molecular weight is 366 g/mol. The van der Waals surface area contributed by atoms with E-state index in [1.807, 2.05) is 38.1 Å². The Morgan fingerprint density at radius 3 is 2.58 bits per heavy atom. The molecule has 0 radical (unpaired) electrons.